The predicted octanol–water partition coefficient (Wildman–Crippen LogP) is 1.15. The molecule has 0 amide bonds. The average molecular weight is 225 g/mol. The summed E-state index contributed by atoms with van der Waals surface area (Å²) in [6, 6.07) is 1.49. The number of hydrogen-bond acceptors (Lipinski definition) is 4. The summed E-state index contributed by atoms with van der Waals surface area (Å²) in [5.74, 6) is 5.61. The number of hydrogen-bond donors (Lipinski definition) is 2. The van der Waals surface area contributed by atoms with Crippen molar-refractivity contribution in [2.45, 2.75) is 18.9 Å². The lowest BCUT2D eigenvalue weighted by Crippen LogP contribution is -2.30. The number of hydrazine groups is 1. The fourth-order valence-corrected chi connectivity index (χ4v) is 2.06. The Bertz CT molecular complexity index is 342. The SMILES string of the molecule is NNC(CC1CCOC1)c1ccncc1F. The van der Waals surface area contributed by atoms with Gasteiger partial charge in [0.15, 0.2) is 0 Å². The van der Waals surface area contributed by atoms with Crippen LogP contribution in [0.15, 0.2) is 18.5 Å². The van der Waals surface area contributed by atoms with Crippen molar-refractivity contribution >= 4 is 0 Å². The van der Waals surface area contributed by atoms with Gasteiger partial charge in [0, 0.05) is 31.0 Å². The Balaban J connectivity index is 2.06. The second kappa shape index (κ2) is 5.34. The van der Waals surface area contributed by atoms with Crippen LogP contribution in [-0.2, 0) is 4.74 Å². The van der Waals surface area contributed by atoms with E-state index in [1.807, 2.05) is 0 Å². The van der Waals surface area contributed by atoms with Gasteiger partial charge in [-0.05, 0) is 24.8 Å². The van der Waals surface area contributed by atoms with Crippen LogP contribution in [0.25, 0.3) is 0 Å². The number of rotatable bonds is 4. The van der Waals surface area contributed by atoms with Gasteiger partial charge in [-0.3, -0.25) is 16.3 Å². The zero-order chi connectivity index (χ0) is 11.4. The van der Waals surface area contributed by atoms with Crippen LogP contribution in [0.1, 0.15) is 24.4 Å². The van der Waals surface area contributed by atoms with Crippen molar-refractivity contribution in [3.05, 3.63) is 29.8 Å². The minimum absolute atomic E-state index is 0.172. The fourth-order valence-electron chi connectivity index (χ4n) is 2.06. The highest BCUT2D eigenvalue weighted by Gasteiger charge is 2.22. The highest BCUT2D eigenvalue weighted by atomic mass is 19.1. The van der Waals surface area contributed by atoms with E-state index in [1.54, 1.807) is 12.3 Å². The van der Waals surface area contributed by atoms with Gasteiger partial charge in [-0.25, -0.2) is 4.39 Å². The van der Waals surface area contributed by atoms with Crippen molar-refractivity contribution in [1.29, 1.82) is 0 Å². The van der Waals surface area contributed by atoms with E-state index in [1.165, 1.54) is 6.20 Å². The van der Waals surface area contributed by atoms with Gasteiger partial charge < -0.3 is 4.74 Å². The van der Waals surface area contributed by atoms with Crippen LogP contribution in [-0.4, -0.2) is 18.2 Å². The summed E-state index contributed by atoms with van der Waals surface area (Å²) in [6.07, 6.45) is 4.60. The van der Waals surface area contributed by atoms with Gasteiger partial charge in [-0.1, -0.05) is 0 Å². The monoisotopic (exact) mass is 225 g/mol. The van der Waals surface area contributed by atoms with Gasteiger partial charge in [0.05, 0.1) is 6.20 Å². The first-order valence-electron chi connectivity index (χ1n) is 5.44. The third kappa shape index (κ3) is 2.55. The minimum atomic E-state index is -0.315. The fraction of sp³-hybridized carbons (Fsp3) is 0.545. The smallest absolute Gasteiger partial charge is 0.146 e. The third-order valence-corrected chi connectivity index (χ3v) is 2.97. The van der Waals surface area contributed by atoms with Gasteiger partial charge in [-0.15, -0.1) is 0 Å². The largest absolute Gasteiger partial charge is 0.381 e. The normalized spacial score (nSPS) is 22.2. The van der Waals surface area contributed by atoms with Crippen LogP contribution in [0.4, 0.5) is 4.39 Å². The number of aromatic nitrogens is 1. The molecule has 2 heterocycles. The van der Waals surface area contributed by atoms with E-state index in [4.69, 9.17) is 10.6 Å². The lowest BCUT2D eigenvalue weighted by molar-refractivity contribution is 0.181. The maximum Gasteiger partial charge on any atom is 0.146 e. The van der Waals surface area contributed by atoms with E-state index in [2.05, 4.69) is 10.4 Å². The van der Waals surface area contributed by atoms with E-state index in [-0.39, 0.29) is 11.9 Å². The minimum Gasteiger partial charge on any atom is -0.381 e. The van der Waals surface area contributed by atoms with Crippen molar-refractivity contribution in [2.24, 2.45) is 11.8 Å². The molecule has 0 aliphatic carbocycles. The number of nitrogens with two attached hydrogens (primary N) is 1. The molecule has 2 rings (SSSR count). The van der Waals surface area contributed by atoms with Crippen LogP contribution < -0.4 is 11.3 Å². The molecule has 1 aliphatic heterocycles. The first kappa shape index (κ1) is 11.4. The molecule has 1 aromatic heterocycles. The molecule has 88 valence electrons. The highest BCUT2D eigenvalue weighted by molar-refractivity contribution is 5.17. The molecule has 0 radical (unpaired) electrons. The highest BCUT2D eigenvalue weighted by Crippen LogP contribution is 2.26. The van der Waals surface area contributed by atoms with Crippen LogP contribution in [0.2, 0.25) is 0 Å². The first-order chi connectivity index (χ1) is 7.81. The van der Waals surface area contributed by atoms with Gasteiger partial charge in [-0.2, -0.15) is 0 Å². The van der Waals surface area contributed by atoms with Crippen molar-refractivity contribution in [3.63, 3.8) is 0 Å². The summed E-state index contributed by atoms with van der Waals surface area (Å²) in [4.78, 5) is 3.73. The molecular weight excluding hydrogens is 209 g/mol. The molecule has 2 unspecified atom stereocenters. The molecule has 4 nitrogen and oxygen atoms in total. The summed E-state index contributed by atoms with van der Waals surface area (Å²) < 4.78 is 18.8. The molecule has 3 N–H and O–H groups in total. The summed E-state index contributed by atoms with van der Waals surface area (Å²) >= 11 is 0. The molecule has 16 heavy (non-hydrogen) atoms. The Morgan fingerprint density at radius 1 is 1.69 bits per heavy atom. The Hall–Kier alpha value is -1.04. The molecule has 2 atom stereocenters. The van der Waals surface area contributed by atoms with Crippen LogP contribution in [0.5, 0.6) is 0 Å². The van der Waals surface area contributed by atoms with Crippen LogP contribution >= 0.6 is 0 Å². The average Bonchev–Trinajstić information content (AvgIpc) is 2.80. The van der Waals surface area contributed by atoms with Crippen LogP contribution in [0, 0.1) is 11.7 Å². The molecule has 0 aromatic carbocycles. The van der Waals surface area contributed by atoms with Gasteiger partial charge in [0.25, 0.3) is 0 Å². The molecular formula is C11H16FN3O. The quantitative estimate of drug-likeness (QED) is 0.596. The summed E-state index contributed by atoms with van der Waals surface area (Å²) in [7, 11) is 0. The summed E-state index contributed by atoms with van der Waals surface area (Å²) in [5, 5.41) is 0. The topological polar surface area (TPSA) is 60.2 Å². The molecule has 1 aliphatic rings. The number of nitrogens with one attached hydrogen (secondary N) is 1. The van der Waals surface area contributed by atoms with Crippen molar-refractivity contribution in [1.82, 2.24) is 10.4 Å². The lowest BCUT2D eigenvalue weighted by atomic mass is 9.95. The van der Waals surface area contributed by atoms with E-state index in [9.17, 15) is 4.39 Å². The van der Waals surface area contributed by atoms with Gasteiger partial charge >= 0.3 is 0 Å². The summed E-state index contributed by atoms with van der Waals surface area (Å²) in [6.45, 7) is 1.53. The second-order valence-corrected chi connectivity index (χ2v) is 4.08. The molecule has 1 fully saturated rings. The maximum atomic E-state index is 13.5. The molecule has 1 aromatic rings. The zero-order valence-corrected chi connectivity index (χ0v) is 9.03. The number of ether oxygens (including phenoxy) is 1. The van der Waals surface area contributed by atoms with E-state index in [0.717, 1.165) is 26.1 Å². The van der Waals surface area contributed by atoms with Crippen molar-refractivity contribution < 1.29 is 9.13 Å². The van der Waals surface area contributed by atoms with E-state index in [0.29, 0.717) is 11.5 Å². The zero-order valence-electron chi connectivity index (χ0n) is 9.03. The molecule has 1 saturated heterocycles. The number of nitrogens with zero attached hydrogens (tertiary/aromatic N) is 1. The number of pyridine rings is 1. The van der Waals surface area contributed by atoms with E-state index < -0.39 is 0 Å². The van der Waals surface area contributed by atoms with Crippen molar-refractivity contribution in [2.75, 3.05) is 13.2 Å². The van der Waals surface area contributed by atoms with Gasteiger partial charge in [0.2, 0.25) is 0 Å². The lowest BCUT2D eigenvalue weighted by Gasteiger charge is -2.19. The Kier molecular flexibility index (Phi) is 3.82. The summed E-state index contributed by atoms with van der Waals surface area (Å²) in [5.41, 5.74) is 3.24. The maximum absolute atomic E-state index is 13.5. The molecule has 0 saturated carbocycles. The first-order valence-corrected chi connectivity index (χ1v) is 5.44. The molecule has 0 bridgehead atoms. The third-order valence-electron chi connectivity index (χ3n) is 2.97. The standard InChI is InChI=1S/C11H16FN3O/c12-10-6-14-3-1-9(10)11(15-13)5-8-2-4-16-7-8/h1,3,6,8,11,15H,2,4-5,7,13H2. The van der Waals surface area contributed by atoms with Crippen molar-refractivity contribution in [3.8, 4) is 0 Å². The predicted molar refractivity (Wildman–Crippen MR) is 57.8 cm³/mol. The molecule has 0 spiro atoms. The van der Waals surface area contributed by atoms with Gasteiger partial charge in [0.1, 0.15) is 5.82 Å². The Morgan fingerprint density at radius 3 is 3.19 bits per heavy atom. The van der Waals surface area contributed by atoms with E-state index >= 15 is 0 Å². The number of halogens is 1. The Labute approximate surface area is 94.0 Å². The molecule has 5 heteroatoms. The second-order valence-electron chi connectivity index (χ2n) is 4.08. The Morgan fingerprint density at radius 2 is 2.56 bits per heavy atom. The van der Waals surface area contributed by atoms with Crippen LogP contribution in [0.3, 0.4) is 0 Å².